The summed E-state index contributed by atoms with van der Waals surface area (Å²) < 4.78 is 37.2. The van der Waals surface area contributed by atoms with Crippen LogP contribution in [0, 0.1) is 13.8 Å². The molecule has 7 nitrogen and oxygen atoms in total. The molecule has 0 radical (unpaired) electrons. The van der Waals surface area contributed by atoms with E-state index >= 15 is 0 Å². The van der Waals surface area contributed by atoms with Crippen molar-refractivity contribution in [2.24, 2.45) is 5.14 Å². The zero-order valence-corrected chi connectivity index (χ0v) is 19.8. The lowest BCUT2D eigenvalue weighted by Crippen LogP contribution is -2.33. The molecule has 0 amide bonds. The van der Waals surface area contributed by atoms with E-state index in [2.05, 4.69) is 24.5 Å². The molecule has 0 unspecified atom stereocenters. The standard InChI is InChI=1S/C24H23N3O4S2/c1-15-11-20(16(2)27(15)12-18-13-30-22-5-3-4-6-23(22)31-18)21-14-32-24(26-21)17-7-9-19(10-8-17)33(25,28)29/h3-11,14,18H,12-13H2,1-2H3,(H2,25,28,29)/t18-/m0/s1. The van der Waals surface area contributed by atoms with Crippen LogP contribution in [0.4, 0.5) is 0 Å². The van der Waals surface area contributed by atoms with Crippen molar-refractivity contribution in [3.8, 4) is 33.3 Å². The number of para-hydroxylation sites is 2. The van der Waals surface area contributed by atoms with Crippen molar-refractivity contribution in [1.29, 1.82) is 0 Å². The Labute approximate surface area is 196 Å². The number of nitrogens with zero attached hydrogens (tertiary/aromatic N) is 2. The molecule has 1 aliphatic rings. The largest absolute Gasteiger partial charge is 0.486 e. The van der Waals surface area contributed by atoms with Crippen LogP contribution in [0.3, 0.4) is 0 Å². The molecule has 2 aromatic carbocycles. The molecule has 0 saturated heterocycles. The van der Waals surface area contributed by atoms with E-state index in [0.717, 1.165) is 44.7 Å². The molecule has 1 atom stereocenters. The second-order valence-corrected chi connectivity index (χ2v) is 10.4. The Morgan fingerprint density at radius 2 is 1.85 bits per heavy atom. The van der Waals surface area contributed by atoms with E-state index in [1.54, 1.807) is 12.1 Å². The summed E-state index contributed by atoms with van der Waals surface area (Å²) in [6.45, 7) is 5.34. The Hall–Kier alpha value is -3.14. The van der Waals surface area contributed by atoms with Crippen LogP contribution in [0.15, 0.2) is 64.9 Å². The highest BCUT2D eigenvalue weighted by atomic mass is 32.2. The smallest absolute Gasteiger partial charge is 0.238 e. The summed E-state index contributed by atoms with van der Waals surface area (Å²) in [4.78, 5) is 4.89. The zero-order chi connectivity index (χ0) is 23.2. The van der Waals surface area contributed by atoms with Crippen LogP contribution in [0.2, 0.25) is 0 Å². The monoisotopic (exact) mass is 481 g/mol. The van der Waals surface area contributed by atoms with Gasteiger partial charge >= 0.3 is 0 Å². The Kier molecular flexibility index (Phi) is 5.48. The Morgan fingerprint density at radius 1 is 1.12 bits per heavy atom. The Morgan fingerprint density at radius 3 is 2.58 bits per heavy atom. The first kappa shape index (κ1) is 21.7. The molecule has 0 bridgehead atoms. The maximum atomic E-state index is 11.5. The summed E-state index contributed by atoms with van der Waals surface area (Å²) in [5.74, 6) is 1.55. The molecule has 170 valence electrons. The van der Waals surface area contributed by atoms with Gasteiger partial charge in [-0.1, -0.05) is 24.3 Å². The third-order valence-corrected chi connectivity index (χ3v) is 7.56. The predicted molar refractivity (Wildman–Crippen MR) is 128 cm³/mol. The molecule has 5 rings (SSSR count). The lowest BCUT2D eigenvalue weighted by molar-refractivity contribution is 0.0778. The summed E-state index contributed by atoms with van der Waals surface area (Å²) in [5.41, 5.74) is 5.02. The van der Waals surface area contributed by atoms with Crippen molar-refractivity contribution < 1.29 is 17.9 Å². The summed E-state index contributed by atoms with van der Waals surface area (Å²) in [7, 11) is -3.71. The minimum atomic E-state index is -3.71. The van der Waals surface area contributed by atoms with Crippen molar-refractivity contribution in [2.75, 3.05) is 6.61 Å². The molecule has 0 fully saturated rings. The summed E-state index contributed by atoms with van der Waals surface area (Å²) >= 11 is 1.52. The molecule has 2 aromatic heterocycles. The SMILES string of the molecule is Cc1cc(-c2csc(-c3ccc(S(N)(=O)=O)cc3)n2)c(C)n1C[C@H]1COc2ccccc2O1. The molecule has 0 spiro atoms. The third-order valence-electron chi connectivity index (χ3n) is 5.74. The van der Waals surface area contributed by atoms with Crippen molar-refractivity contribution in [3.05, 3.63) is 71.4 Å². The van der Waals surface area contributed by atoms with Crippen molar-refractivity contribution in [1.82, 2.24) is 9.55 Å². The van der Waals surface area contributed by atoms with Gasteiger partial charge < -0.3 is 14.0 Å². The lowest BCUT2D eigenvalue weighted by Gasteiger charge is -2.27. The minimum Gasteiger partial charge on any atom is -0.486 e. The van der Waals surface area contributed by atoms with E-state index in [9.17, 15) is 8.42 Å². The fraction of sp³-hybridized carbons (Fsp3) is 0.208. The van der Waals surface area contributed by atoms with Gasteiger partial charge in [0.1, 0.15) is 11.6 Å². The number of rotatable bonds is 5. The summed E-state index contributed by atoms with van der Waals surface area (Å²) in [6.07, 6.45) is -0.0825. The normalized spacial score (nSPS) is 15.5. The maximum absolute atomic E-state index is 11.5. The average molecular weight is 482 g/mol. The molecule has 4 aromatic rings. The van der Waals surface area contributed by atoms with Gasteiger partial charge in [-0.05, 0) is 44.2 Å². The van der Waals surface area contributed by atoms with E-state index in [1.165, 1.54) is 23.5 Å². The highest BCUT2D eigenvalue weighted by Crippen LogP contribution is 2.34. The number of sulfonamides is 1. The topological polar surface area (TPSA) is 96.4 Å². The molecule has 2 N–H and O–H groups in total. The van der Waals surface area contributed by atoms with Gasteiger partial charge in [0.15, 0.2) is 17.6 Å². The first-order valence-corrected chi connectivity index (χ1v) is 12.9. The number of fused-ring (bicyclic) bond motifs is 1. The number of aromatic nitrogens is 2. The van der Waals surface area contributed by atoms with Crippen molar-refractivity contribution >= 4 is 21.4 Å². The van der Waals surface area contributed by atoms with E-state index in [0.29, 0.717) is 13.2 Å². The van der Waals surface area contributed by atoms with Gasteiger partial charge in [-0.15, -0.1) is 11.3 Å². The second kappa shape index (κ2) is 8.33. The van der Waals surface area contributed by atoms with Crippen LogP contribution in [-0.2, 0) is 16.6 Å². The van der Waals surface area contributed by atoms with Crippen LogP contribution in [0.1, 0.15) is 11.4 Å². The first-order valence-electron chi connectivity index (χ1n) is 10.4. The van der Waals surface area contributed by atoms with Crippen LogP contribution < -0.4 is 14.6 Å². The molecule has 0 aliphatic carbocycles. The van der Waals surface area contributed by atoms with Gasteiger partial charge in [-0.25, -0.2) is 18.5 Å². The zero-order valence-electron chi connectivity index (χ0n) is 18.2. The highest BCUT2D eigenvalue weighted by Gasteiger charge is 2.23. The fourth-order valence-electron chi connectivity index (χ4n) is 4.02. The highest BCUT2D eigenvalue weighted by molar-refractivity contribution is 7.89. The molecule has 3 heterocycles. The Bertz CT molecular complexity index is 1420. The average Bonchev–Trinajstić information content (AvgIpc) is 3.39. The van der Waals surface area contributed by atoms with Crippen LogP contribution in [0.25, 0.3) is 21.8 Å². The van der Waals surface area contributed by atoms with Crippen molar-refractivity contribution in [2.45, 2.75) is 31.4 Å². The van der Waals surface area contributed by atoms with Gasteiger partial charge in [0.25, 0.3) is 0 Å². The number of hydrogen-bond acceptors (Lipinski definition) is 6. The lowest BCUT2D eigenvalue weighted by atomic mass is 10.2. The third kappa shape index (κ3) is 4.27. The quantitative estimate of drug-likeness (QED) is 0.456. The summed E-state index contributed by atoms with van der Waals surface area (Å²) in [6, 6.07) is 16.3. The van der Waals surface area contributed by atoms with E-state index in [1.807, 2.05) is 29.6 Å². The first-order chi connectivity index (χ1) is 15.8. The Balaban J connectivity index is 1.37. The number of nitrogens with two attached hydrogens (primary N) is 1. The number of hydrogen-bond donors (Lipinski definition) is 1. The van der Waals surface area contributed by atoms with E-state index < -0.39 is 10.0 Å². The number of primary sulfonamides is 1. The number of aryl methyl sites for hydroxylation is 1. The molecule has 1 aliphatic heterocycles. The number of ether oxygens (including phenoxy) is 2. The summed E-state index contributed by atoms with van der Waals surface area (Å²) in [5, 5.41) is 8.02. The molecule has 33 heavy (non-hydrogen) atoms. The predicted octanol–water partition coefficient (Wildman–Crippen LogP) is 4.38. The van der Waals surface area contributed by atoms with Gasteiger partial charge in [-0.2, -0.15) is 0 Å². The molecule has 0 saturated carbocycles. The van der Waals surface area contributed by atoms with Crippen LogP contribution in [0.5, 0.6) is 11.5 Å². The number of benzene rings is 2. The molecular formula is C24H23N3O4S2. The van der Waals surface area contributed by atoms with Crippen LogP contribution >= 0.6 is 11.3 Å². The van der Waals surface area contributed by atoms with Gasteiger partial charge in [0, 0.05) is 27.9 Å². The maximum Gasteiger partial charge on any atom is 0.238 e. The van der Waals surface area contributed by atoms with Crippen LogP contribution in [-0.4, -0.2) is 30.7 Å². The van der Waals surface area contributed by atoms with Crippen molar-refractivity contribution in [3.63, 3.8) is 0 Å². The molecule has 9 heteroatoms. The van der Waals surface area contributed by atoms with E-state index in [4.69, 9.17) is 19.6 Å². The van der Waals surface area contributed by atoms with Gasteiger partial charge in [0.2, 0.25) is 10.0 Å². The fourth-order valence-corrected chi connectivity index (χ4v) is 5.36. The van der Waals surface area contributed by atoms with Gasteiger partial charge in [-0.3, -0.25) is 0 Å². The van der Waals surface area contributed by atoms with Gasteiger partial charge in [0.05, 0.1) is 17.1 Å². The second-order valence-electron chi connectivity index (χ2n) is 8.00. The molecular weight excluding hydrogens is 458 g/mol. The number of thiazole rings is 1. The minimum absolute atomic E-state index is 0.0825. The van der Waals surface area contributed by atoms with E-state index in [-0.39, 0.29) is 11.0 Å².